The third-order valence-electron chi connectivity index (χ3n) is 5.24. The minimum atomic E-state index is -0.669. The smallest absolute Gasteiger partial charge is 0.242 e. The Kier molecular flexibility index (Phi) is 9.24. The third kappa shape index (κ3) is 7.26. The molecule has 33 heavy (non-hydrogen) atoms. The van der Waals surface area contributed by atoms with Gasteiger partial charge in [0.15, 0.2) is 0 Å². The number of thioether (sulfide) groups is 1. The molecule has 0 saturated heterocycles. The van der Waals surface area contributed by atoms with E-state index >= 15 is 0 Å². The lowest BCUT2D eigenvalue weighted by molar-refractivity contribution is -0.139. The summed E-state index contributed by atoms with van der Waals surface area (Å²) in [6, 6.07) is 22.3. The molecule has 0 aliphatic heterocycles. The van der Waals surface area contributed by atoms with Gasteiger partial charge in [-0.05, 0) is 42.3 Å². The van der Waals surface area contributed by atoms with Gasteiger partial charge in [0.2, 0.25) is 11.8 Å². The van der Waals surface area contributed by atoms with Gasteiger partial charge in [-0.15, -0.1) is 11.8 Å². The highest BCUT2D eigenvalue weighted by Gasteiger charge is 2.29. The fourth-order valence-corrected chi connectivity index (χ4v) is 4.52. The van der Waals surface area contributed by atoms with Crippen LogP contribution < -0.4 is 5.32 Å². The van der Waals surface area contributed by atoms with Crippen LogP contribution in [0.5, 0.6) is 0 Å². The molecule has 0 fully saturated rings. The average Bonchev–Trinajstić information content (AvgIpc) is 2.83. The predicted molar refractivity (Wildman–Crippen MR) is 137 cm³/mol. The summed E-state index contributed by atoms with van der Waals surface area (Å²) >= 11 is 13.7. The first kappa shape index (κ1) is 25.2. The topological polar surface area (TPSA) is 49.4 Å². The Morgan fingerprint density at radius 1 is 0.939 bits per heavy atom. The lowest BCUT2D eigenvalue weighted by atomic mass is 10.0. The van der Waals surface area contributed by atoms with Gasteiger partial charge in [0, 0.05) is 24.9 Å². The Bertz CT molecular complexity index is 1090. The van der Waals surface area contributed by atoms with Crippen LogP contribution in [-0.2, 0) is 22.6 Å². The van der Waals surface area contributed by atoms with Crippen molar-refractivity contribution in [1.29, 1.82) is 0 Å². The van der Waals surface area contributed by atoms with Gasteiger partial charge >= 0.3 is 0 Å². The standard InChI is InChI=1S/C26H26Cl2N2O2S/c1-18-8-11-21(12-9-18)33-17-25(31)30(16-20-10-13-22(27)23(28)14-20)24(26(32)29-2)15-19-6-4-3-5-7-19/h3-14,24H,15-17H2,1-2H3,(H,29,32)/t24-/m1/s1. The first-order chi connectivity index (χ1) is 15.9. The Hall–Kier alpha value is -2.47. The molecule has 172 valence electrons. The minimum Gasteiger partial charge on any atom is -0.357 e. The minimum absolute atomic E-state index is 0.129. The maximum atomic E-state index is 13.5. The van der Waals surface area contributed by atoms with Crippen molar-refractivity contribution in [3.63, 3.8) is 0 Å². The molecule has 0 heterocycles. The molecule has 0 aliphatic rings. The van der Waals surface area contributed by atoms with Crippen molar-refractivity contribution in [2.75, 3.05) is 12.8 Å². The van der Waals surface area contributed by atoms with E-state index in [2.05, 4.69) is 5.32 Å². The van der Waals surface area contributed by atoms with E-state index in [0.717, 1.165) is 21.6 Å². The highest BCUT2D eigenvalue weighted by Crippen LogP contribution is 2.25. The SMILES string of the molecule is CNC(=O)[C@@H](Cc1ccccc1)N(Cc1ccc(Cl)c(Cl)c1)C(=O)CSc1ccc(C)cc1. The van der Waals surface area contributed by atoms with E-state index in [9.17, 15) is 9.59 Å². The number of amides is 2. The van der Waals surface area contributed by atoms with E-state index in [0.29, 0.717) is 16.5 Å². The number of carbonyl (C=O) groups excluding carboxylic acids is 2. The number of aryl methyl sites for hydroxylation is 1. The fraction of sp³-hybridized carbons (Fsp3) is 0.231. The second-order valence-electron chi connectivity index (χ2n) is 7.69. The van der Waals surface area contributed by atoms with Gasteiger partial charge < -0.3 is 10.2 Å². The van der Waals surface area contributed by atoms with Crippen molar-refractivity contribution >= 4 is 46.8 Å². The normalized spacial score (nSPS) is 11.6. The summed E-state index contributed by atoms with van der Waals surface area (Å²) in [6.45, 7) is 2.27. The van der Waals surface area contributed by atoms with Crippen LogP contribution in [0.3, 0.4) is 0 Å². The Morgan fingerprint density at radius 3 is 2.27 bits per heavy atom. The van der Waals surface area contributed by atoms with Crippen LogP contribution >= 0.6 is 35.0 Å². The lowest BCUT2D eigenvalue weighted by Gasteiger charge is -2.31. The second kappa shape index (κ2) is 12.1. The van der Waals surface area contributed by atoms with Crippen LogP contribution in [0, 0.1) is 6.92 Å². The zero-order valence-electron chi connectivity index (χ0n) is 18.6. The maximum absolute atomic E-state index is 13.5. The van der Waals surface area contributed by atoms with Crippen LogP contribution in [0.2, 0.25) is 10.0 Å². The van der Waals surface area contributed by atoms with Crippen molar-refractivity contribution in [1.82, 2.24) is 10.2 Å². The molecule has 2 amide bonds. The van der Waals surface area contributed by atoms with Crippen molar-refractivity contribution in [2.24, 2.45) is 0 Å². The molecule has 0 saturated carbocycles. The van der Waals surface area contributed by atoms with Crippen LogP contribution in [-0.4, -0.2) is 35.6 Å². The molecule has 1 N–H and O–H groups in total. The fourth-order valence-electron chi connectivity index (χ4n) is 3.42. The highest BCUT2D eigenvalue weighted by atomic mass is 35.5. The van der Waals surface area contributed by atoms with Gasteiger partial charge in [0.05, 0.1) is 15.8 Å². The molecule has 0 bridgehead atoms. The number of hydrogen-bond donors (Lipinski definition) is 1. The molecule has 0 unspecified atom stereocenters. The average molecular weight is 501 g/mol. The van der Waals surface area contributed by atoms with E-state index in [1.165, 1.54) is 11.8 Å². The number of carbonyl (C=O) groups is 2. The van der Waals surface area contributed by atoms with Gasteiger partial charge in [-0.25, -0.2) is 0 Å². The number of nitrogens with zero attached hydrogens (tertiary/aromatic N) is 1. The molecular formula is C26H26Cl2N2O2S. The summed E-state index contributed by atoms with van der Waals surface area (Å²) in [5, 5.41) is 3.58. The lowest BCUT2D eigenvalue weighted by Crippen LogP contribution is -2.50. The van der Waals surface area contributed by atoms with Crippen molar-refractivity contribution < 1.29 is 9.59 Å². The van der Waals surface area contributed by atoms with Gasteiger partial charge in [0.25, 0.3) is 0 Å². The van der Waals surface area contributed by atoms with E-state index in [4.69, 9.17) is 23.2 Å². The zero-order valence-corrected chi connectivity index (χ0v) is 20.9. The van der Waals surface area contributed by atoms with Crippen LogP contribution in [0.15, 0.2) is 77.7 Å². The van der Waals surface area contributed by atoms with E-state index in [1.807, 2.05) is 67.6 Å². The van der Waals surface area contributed by atoms with E-state index in [-0.39, 0.29) is 24.1 Å². The summed E-state index contributed by atoms with van der Waals surface area (Å²) in [4.78, 5) is 29.0. The van der Waals surface area contributed by atoms with Crippen molar-refractivity contribution in [2.45, 2.75) is 30.8 Å². The van der Waals surface area contributed by atoms with Gasteiger partial charge in [0.1, 0.15) is 6.04 Å². The summed E-state index contributed by atoms with van der Waals surface area (Å²) in [6.07, 6.45) is 0.406. The number of likely N-dealkylation sites (N-methyl/N-ethyl adjacent to an activating group) is 1. The third-order valence-corrected chi connectivity index (χ3v) is 6.97. The van der Waals surface area contributed by atoms with Gasteiger partial charge in [-0.1, -0.05) is 77.3 Å². The summed E-state index contributed by atoms with van der Waals surface area (Å²) in [5.41, 5.74) is 2.94. The molecule has 0 radical (unpaired) electrons. The largest absolute Gasteiger partial charge is 0.357 e. The van der Waals surface area contributed by atoms with Crippen LogP contribution in [0.25, 0.3) is 0 Å². The highest BCUT2D eigenvalue weighted by molar-refractivity contribution is 8.00. The Labute approximate surface area is 209 Å². The Morgan fingerprint density at radius 2 is 1.64 bits per heavy atom. The van der Waals surface area contributed by atoms with E-state index < -0.39 is 6.04 Å². The molecule has 1 atom stereocenters. The van der Waals surface area contributed by atoms with Crippen LogP contribution in [0.4, 0.5) is 0 Å². The molecule has 3 aromatic carbocycles. The molecular weight excluding hydrogens is 475 g/mol. The number of benzene rings is 3. The Balaban J connectivity index is 1.88. The molecule has 0 spiro atoms. The maximum Gasteiger partial charge on any atom is 0.242 e. The predicted octanol–water partition coefficient (Wildman–Crippen LogP) is 5.78. The molecule has 7 heteroatoms. The monoisotopic (exact) mass is 500 g/mol. The first-order valence-corrected chi connectivity index (χ1v) is 12.3. The summed E-state index contributed by atoms with van der Waals surface area (Å²) < 4.78 is 0. The quantitative estimate of drug-likeness (QED) is 0.378. The van der Waals surface area contributed by atoms with Gasteiger partial charge in [-0.3, -0.25) is 9.59 Å². The second-order valence-corrected chi connectivity index (χ2v) is 9.55. The number of nitrogens with one attached hydrogen (secondary N) is 1. The first-order valence-electron chi connectivity index (χ1n) is 10.6. The molecule has 0 aromatic heterocycles. The number of hydrogen-bond acceptors (Lipinski definition) is 3. The van der Waals surface area contributed by atoms with E-state index in [1.54, 1.807) is 24.1 Å². The van der Waals surface area contributed by atoms with Gasteiger partial charge in [-0.2, -0.15) is 0 Å². The zero-order chi connectivity index (χ0) is 23.8. The molecule has 4 nitrogen and oxygen atoms in total. The summed E-state index contributed by atoms with van der Waals surface area (Å²) in [5.74, 6) is -0.129. The number of halogens is 2. The molecule has 3 aromatic rings. The molecule has 3 rings (SSSR count). The summed E-state index contributed by atoms with van der Waals surface area (Å²) in [7, 11) is 1.59. The number of rotatable bonds is 9. The van der Waals surface area contributed by atoms with Crippen molar-refractivity contribution in [3.8, 4) is 0 Å². The van der Waals surface area contributed by atoms with Crippen LogP contribution in [0.1, 0.15) is 16.7 Å². The molecule has 0 aliphatic carbocycles. The van der Waals surface area contributed by atoms with Crippen molar-refractivity contribution in [3.05, 3.63) is 99.5 Å².